The SMILES string of the molecule is c1cc(-c2cc3n(n2)CCCC3)cc(C2CC2)n1. The van der Waals surface area contributed by atoms with Gasteiger partial charge in [-0.25, -0.2) is 0 Å². The molecule has 3 heterocycles. The van der Waals surface area contributed by atoms with E-state index in [2.05, 4.69) is 27.9 Å². The molecular weight excluding hydrogens is 222 g/mol. The lowest BCUT2D eigenvalue weighted by molar-refractivity contribution is 0.487. The van der Waals surface area contributed by atoms with E-state index in [0.29, 0.717) is 5.92 Å². The van der Waals surface area contributed by atoms with Crippen LogP contribution in [0.4, 0.5) is 0 Å². The number of fused-ring (bicyclic) bond motifs is 1. The Bertz CT molecular complexity index is 558. The zero-order valence-corrected chi connectivity index (χ0v) is 10.5. The molecular formula is C15H17N3. The highest BCUT2D eigenvalue weighted by atomic mass is 15.3. The van der Waals surface area contributed by atoms with Crippen LogP contribution in [0.1, 0.15) is 43.0 Å². The number of hydrogen-bond donors (Lipinski definition) is 0. The minimum absolute atomic E-state index is 0.710. The zero-order chi connectivity index (χ0) is 11.9. The molecule has 0 aromatic carbocycles. The minimum Gasteiger partial charge on any atom is -0.269 e. The summed E-state index contributed by atoms with van der Waals surface area (Å²) in [4.78, 5) is 4.47. The predicted molar refractivity (Wildman–Crippen MR) is 70.4 cm³/mol. The van der Waals surface area contributed by atoms with Gasteiger partial charge in [-0.05, 0) is 50.3 Å². The van der Waals surface area contributed by atoms with Crippen molar-refractivity contribution in [2.75, 3.05) is 0 Å². The van der Waals surface area contributed by atoms with E-state index in [9.17, 15) is 0 Å². The first-order chi connectivity index (χ1) is 8.90. The summed E-state index contributed by atoms with van der Waals surface area (Å²) in [6, 6.07) is 6.57. The highest BCUT2D eigenvalue weighted by Gasteiger charge is 2.25. The third kappa shape index (κ3) is 1.74. The molecule has 0 saturated heterocycles. The van der Waals surface area contributed by atoms with Gasteiger partial charge in [0, 0.05) is 35.6 Å². The number of nitrogens with zero attached hydrogens (tertiary/aromatic N) is 3. The molecule has 0 N–H and O–H groups in total. The van der Waals surface area contributed by atoms with Crippen LogP contribution in [-0.2, 0) is 13.0 Å². The van der Waals surface area contributed by atoms with E-state index in [1.807, 2.05) is 6.20 Å². The van der Waals surface area contributed by atoms with Crippen molar-refractivity contribution in [2.24, 2.45) is 0 Å². The van der Waals surface area contributed by atoms with E-state index in [1.165, 1.54) is 49.1 Å². The molecule has 0 amide bonds. The molecule has 4 rings (SSSR count). The molecule has 3 heteroatoms. The largest absolute Gasteiger partial charge is 0.269 e. The fraction of sp³-hybridized carbons (Fsp3) is 0.467. The normalized spacial score (nSPS) is 18.7. The van der Waals surface area contributed by atoms with E-state index in [4.69, 9.17) is 5.10 Å². The summed E-state index contributed by atoms with van der Waals surface area (Å²) in [6.45, 7) is 1.08. The second-order valence-corrected chi connectivity index (χ2v) is 5.44. The summed E-state index contributed by atoms with van der Waals surface area (Å²) in [5, 5.41) is 4.73. The van der Waals surface area contributed by atoms with Crippen LogP contribution < -0.4 is 0 Å². The topological polar surface area (TPSA) is 30.7 Å². The summed E-state index contributed by atoms with van der Waals surface area (Å²) < 4.78 is 2.18. The summed E-state index contributed by atoms with van der Waals surface area (Å²) >= 11 is 0. The van der Waals surface area contributed by atoms with Crippen molar-refractivity contribution in [3.05, 3.63) is 35.8 Å². The first-order valence-corrected chi connectivity index (χ1v) is 6.93. The molecule has 3 nitrogen and oxygen atoms in total. The molecule has 1 saturated carbocycles. The average molecular weight is 239 g/mol. The monoisotopic (exact) mass is 239 g/mol. The van der Waals surface area contributed by atoms with Crippen molar-refractivity contribution in [1.82, 2.24) is 14.8 Å². The fourth-order valence-electron chi connectivity index (χ4n) is 2.77. The molecule has 0 bridgehead atoms. The van der Waals surface area contributed by atoms with Gasteiger partial charge >= 0.3 is 0 Å². The lowest BCUT2D eigenvalue weighted by Gasteiger charge is -2.11. The fourth-order valence-corrected chi connectivity index (χ4v) is 2.77. The quantitative estimate of drug-likeness (QED) is 0.806. The Morgan fingerprint density at radius 1 is 1.17 bits per heavy atom. The van der Waals surface area contributed by atoms with Crippen molar-refractivity contribution in [3.63, 3.8) is 0 Å². The van der Waals surface area contributed by atoms with Gasteiger partial charge in [0.25, 0.3) is 0 Å². The van der Waals surface area contributed by atoms with Gasteiger partial charge in [0.05, 0.1) is 5.69 Å². The van der Waals surface area contributed by atoms with Gasteiger partial charge in [-0.2, -0.15) is 5.10 Å². The van der Waals surface area contributed by atoms with Crippen LogP contribution >= 0.6 is 0 Å². The van der Waals surface area contributed by atoms with Crippen LogP contribution in [0.15, 0.2) is 24.4 Å². The molecule has 1 aliphatic heterocycles. The smallest absolute Gasteiger partial charge is 0.0927 e. The molecule has 2 aromatic rings. The van der Waals surface area contributed by atoms with Gasteiger partial charge in [0.1, 0.15) is 0 Å². The molecule has 0 unspecified atom stereocenters. The zero-order valence-electron chi connectivity index (χ0n) is 10.5. The highest BCUT2D eigenvalue weighted by molar-refractivity contribution is 5.59. The van der Waals surface area contributed by atoms with Crippen LogP contribution in [0.25, 0.3) is 11.3 Å². The molecule has 0 spiro atoms. The molecule has 2 aliphatic rings. The van der Waals surface area contributed by atoms with Crippen molar-refractivity contribution in [3.8, 4) is 11.3 Å². The van der Waals surface area contributed by atoms with Crippen molar-refractivity contribution in [2.45, 2.75) is 44.6 Å². The Kier molecular flexibility index (Phi) is 2.25. The van der Waals surface area contributed by atoms with Crippen LogP contribution in [-0.4, -0.2) is 14.8 Å². The van der Waals surface area contributed by atoms with Gasteiger partial charge < -0.3 is 0 Å². The maximum absolute atomic E-state index is 4.73. The lowest BCUT2D eigenvalue weighted by Crippen LogP contribution is -2.10. The second kappa shape index (κ2) is 3.94. The van der Waals surface area contributed by atoms with Crippen LogP contribution in [0.3, 0.4) is 0 Å². The van der Waals surface area contributed by atoms with Gasteiger partial charge in [-0.1, -0.05) is 0 Å². The Hall–Kier alpha value is -1.64. The number of rotatable bonds is 2. The molecule has 2 aromatic heterocycles. The molecule has 0 atom stereocenters. The maximum Gasteiger partial charge on any atom is 0.0927 e. The lowest BCUT2D eigenvalue weighted by atomic mass is 10.1. The number of pyridine rings is 1. The molecule has 18 heavy (non-hydrogen) atoms. The third-order valence-corrected chi connectivity index (χ3v) is 3.99. The van der Waals surface area contributed by atoms with E-state index in [0.717, 1.165) is 12.2 Å². The number of aryl methyl sites for hydroxylation is 2. The maximum atomic E-state index is 4.73. The molecule has 92 valence electrons. The van der Waals surface area contributed by atoms with Crippen LogP contribution in [0.2, 0.25) is 0 Å². The van der Waals surface area contributed by atoms with E-state index in [1.54, 1.807) is 0 Å². The Labute approximate surface area is 107 Å². The predicted octanol–water partition coefficient (Wildman–Crippen LogP) is 3.16. The highest BCUT2D eigenvalue weighted by Crippen LogP contribution is 2.39. The Morgan fingerprint density at radius 3 is 2.94 bits per heavy atom. The van der Waals surface area contributed by atoms with Crippen LogP contribution in [0, 0.1) is 0 Å². The van der Waals surface area contributed by atoms with Crippen molar-refractivity contribution >= 4 is 0 Å². The summed E-state index contributed by atoms with van der Waals surface area (Å²) in [6.07, 6.45) is 8.27. The van der Waals surface area contributed by atoms with E-state index < -0.39 is 0 Å². The third-order valence-electron chi connectivity index (χ3n) is 3.99. The number of aromatic nitrogens is 3. The minimum atomic E-state index is 0.710. The Morgan fingerprint density at radius 2 is 2.11 bits per heavy atom. The van der Waals surface area contributed by atoms with Gasteiger partial charge in [0.2, 0.25) is 0 Å². The summed E-state index contributed by atoms with van der Waals surface area (Å²) in [5.74, 6) is 0.710. The molecule has 1 aliphatic carbocycles. The van der Waals surface area contributed by atoms with Crippen molar-refractivity contribution < 1.29 is 0 Å². The Balaban J connectivity index is 1.73. The van der Waals surface area contributed by atoms with E-state index >= 15 is 0 Å². The first-order valence-electron chi connectivity index (χ1n) is 6.93. The molecule has 0 radical (unpaired) electrons. The first kappa shape index (κ1) is 10.3. The van der Waals surface area contributed by atoms with Crippen molar-refractivity contribution in [1.29, 1.82) is 0 Å². The second-order valence-electron chi connectivity index (χ2n) is 5.44. The summed E-state index contributed by atoms with van der Waals surface area (Å²) in [5.41, 5.74) is 4.99. The average Bonchev–Trinajstić information content (AvgIpc) is 3.18. The van der Waals surface area contributed by atoms with E-state index in [-0.39, 0.29) is 0 Å². The number of hydrogen-bond acceptors (Lipinski definition) is 2. The molecule has 1 fully saturated rings. The van der Waals surface area contributed by atoms with Gasteiger partial charge in [0.15, 0.2) is 0 Å². The summed E-state index contributed by atoms with van der Waals surface area (Å²) in [7, 11) is 0. The van der Waals surface area contributed by atoms with Gasteiger partial charge in [-0.15, -0.1) is 0 Å². The standard InChI is InChI=1S/C15H17N3/c1-2-8-18-13(3-1)10-15(17-18)12-6-7-16-14(9-12)11-4-5-11/h6-7,9-11H,1-5,8H2. The van der Waals surface area contributed by atoms with Gasteiger partial charge in [-0.3, -0.25) is 9.67 Å². The van der Waals surface area contributed by atoms with Crippen LogP contribution in [0.5, 0.6) is 0 Å².